The van der Waals surface area contributed by atoms with Gasteiger partial charge in [-0.15, -0.1) is 0 Å². The van der Waals surface area contributed by atoms with E-state index in [2.05, 4.69) is 5.32 Å². The fourth-order valence-electron chi connectivity index (χ4n) is 3.83. The van der Waals surface area contributed by atoms with Crippen LogP contribution in [-0.4, -0.2) is 36.9 Å². The second-order valence-corrected chi connectivity index (χ2v) is 8.24. The lowest BCUT2D eigenvalue weighted by Crippen LogP contribution is -2.46. The van der Waals surface area contributed by atoms with Gasteiger partial charge in [-0.1, -0.05) is 48.3 Å². The van der Waals surface area contributed by atoms with Crippen LogP contribution in [0.5, 0.6) is 5.75 Å². The lowest BCUT2D eigenvalue weighted by molar-refractivity contribution is -0.127. The van der Waals surface area contributed by atoms with Crippen LogP contribution in [0.4, 0.5) is 0 Å². The van der Waals surface area contributed by atoms with Crippen molar-refractivity contribution >= 4 is 35.0 Å². The average Bonchev–Trinajstić information content (AvgIpc) is 2.78. The number of carbonyl (C=O) groups excluding carboxylic acids is 2. The maximum absolute atomic E-state index is 13.0. The van der Waals surface area contributed by atoms with Gasteiger partial charge in [0.1, 0.15) is 5.75 Å². The normalized spacial score (nSPS) is 17.3. The summed E-state index contributed by atoms with van der Waals surface area (Å²) in [5.41, 5.74) is 1.43. The number of benzene rings is 2. The van der Waals surface area contributed by atoms with E-state index in [1.54, 1.807) is 30.2 Å². The van der Waals surface area contributed by atoms with Crippen molar-refractivity contribution in [2.45, 2.75) is 32.2 Å². The van der Waals surface area contributed by atoms with E-state index in [1.807, 2.05) is 31.2 Å². The Labute approximate surface area is 187 Å². The SMILES string of the molecule is CCC(NC(=O)C1CCCN(C(=O)c2ccc(Cl)c(Cl)c2)C1)c1ccccc1OC. The van der Waals surface area contributed by atoms with Gasteiger partial charge in [-0.25, -0.2) is 0 Å². The number of hydrogen-bond acceptors (Lipinski definition) is 3. The number of halogens is 2. The van der Waals surface area contributed by atoms with Gasteiger partial charge in [-0.3, -0.25) is 9.59 Å². The molecular formula is C23H26Cl2N2O3. The summed E-state index contributed by atoms with van der Waals surface area (Å²) in [5, 5.41) is 3.90. The van der Waals surface area contributed by atoms with Crippen molar-refractivity contribution in [3.05, 3.63) is 63.6 Å². The van der Waals surface area contributed by atoms with E-state index in [1.165, 1.54) is 0 Å². The van der Waals surface area contributed by atoms with Crippen molar-refractivity contribution < 1.29 is 14.3 Å². The molecule has 160 valence electrons. The molecule has 1 aliphatic heterocycles. The van der Waals surface area contributed by atoms with Crippen LogP contribution in [0.3, 0.4) is 0 Å². The van der Waals surface area contributed by atoms with Gasteiger partial charge in [0.25, 0.3) is 5.91 Å². The summed E-state index contributed by atoms with van der Waals surface area (Å²) >= 11 is 12.0. The van der Waals surface area contributed by atoms with E-state index < -0.39 is 0 Å². The van der Waals surface area contributed by atoms with Gasteiger partial charge >= 0.3 is 0 Å². The highest BCUT2D eigenvalue weighted by atomic mass is 35.5. The van der Waals surface area contributed by atoms with E-state index in [4.69, 9.17) is 27.9 Å². The Morgan fingerprint density at radius 1 is 1.20 bits per heavy atom. The molecule has 0 aliphatic carbocycles. The minimum atomic E-state index is -0.255. The predicted octanol–water partition coefficient (Wildman–Crippen LogP) is 5.12. The third-order valence-corrected chi connectivity index (χ3v) is 6.22. The van der Waals surface area contributed by atoms with Crippen molar-refractivity contribution in [1.29, 1.82) is 0 Å². The van der Waals surface area contributed by atoms with Crippen molar-refractivity contribution in [2.24, 2.45) is 5.92 Å². The quantitative estimate of drug-likeness (QED) is 0.666. The van der Waals surface area contributed by atoms with Crippen molar-refractivity contribution in [3.63, 3.8) is 0 Å². The van der Waals surface area contributed by atoms with E-state index in [0.717, 1.165) is 30.6 Å². The molecule has 2 unspecified atom stereocenters. The number of carbonyl (C=O) groups is 2. The summed E-state index contributed by atoms with van der Waals surface area (Å²) < 4.78 is 5.45. The predicted molar refractivity (Wildman–Crippen MR) is 119 cm³/mol. The largest absolute Gasteiger partial charge is 0.496 e. The molecule has 1 N–H and O–H groups in total. The third-order valence-electron chi connectivity index (χ3n) is 5.49. The van der Waals surface area contributed by atoms with Crippen LogP contribution in [0.25, 0.3) is 0 Å². The number of likely N-dealkylation sites (tertiary alicyclic amines) is 1. The van der Waals surface area contributed by atoms with Gasteiger partial charge in [-0.2, -0.15) is 0 Å². The van der Waals surface area contributed by atoms with Gasteiger partial charge in [0.15, 0.2) is 0 Å². The first-order valence-corrected chi connectivity index (χ1v) is 10.9. The Morgan fingerprint density at radius 2 is 1.97 bits per heavy atom. The Morgan fingerprint density at radius 3 is 2.67 bits per heavy atom. The lowest BCUT2D eigenvalue weighted by atomic mass is 9.95. The standard InChI is InChI=1S/C23H26Cl2N2O3/c1-3-20(17-8-4-5-9-21(17)30-2)26-22(28)16-7-6-12-27(14-16)23(29)15-10-11-18(24)19(25)13-15/h4-5,8-11,13,16,20H,3,6-7,12,14H2,1-2H3,(H,26,28). The highest BCUT2D eigenvalue weighted by molar-refractivity contribution is 6.42. The van der Waals surface area contributed by atoms with Crippen LogP contribution < -0.4 is 10.1 Å². The zero-order valence-corrected chi connectivity index (χ0v) is 18.7. The number of para-hydroxylation sites is 1. The minimum Gasteiger partial charge on any atom is -0.496 e. The summed E-state index contributed by atoms with van der Waals surface area (Å²) in [6, 6.07) is 12.4. The second-order valence-electron chi connectivity index (χ2n) is 7.43. The van der Waals surface area contributed by atoms with Crippen molar-refractivity contribution in [3.8, 4) is 5.75 Å². The summed E-state index contributed by atoms with van der Waals surface area (Å²) in [7, 11) is 1.63. The molecule has 3 rings (SSSR count). The van der Waals surface area contributed by atoms with Gasteiger partial charge in [0, 0.05) is 24.2 Å². The smallest absolute Gasteiger partial charge is 0.253 e. The number of amides is 2. The molecule has 0 radical (unpaired) electrons. The van der Waals surface area contributed by atoms with E-state index in [-0.39, 0.29) is 23.8 Å². The molecule has 2 atom stereocenters. The van der Waals surface area contributed by atoms with E-state index >= 15 is 0 Å². The van der Waals surface area contributed by atoms with Crippen molar-refractivity contribution in [2.75, 3.05) is 20.2 Å². The molecule has 1 saturated heterocycles. The number of methoxy groups -OCH3 is 1. The molecule has 30 heavy (non-hydrogen) atoms. The molecule has 1 aliphatic rings. The number of piperidine rings is 1. The number of rotatable bonds is 6. The van der Waals surface area contributed by atoms with Crippen LogP contribution in [0.1, 0.15) is 48.1 Å². The Balaban J connectivity index is 1.68. The third kappa shape index (κ3) is 5.08. The Kier molecular flexibility index (Phi) is 7.62. The van der Waals surface area contributed by atoms with E-state index in [0.29, 0.717) is 28.7 Å². The molecule has 0 spiro atoms. The van der Waals surface area contributed by atoms with Gasteiger partial charge in [0.05, 0.1) is 29.1 Å². The highest BCUT2D eigenvalue weighted by Gasteiger charge is 2.30. The average molecular weight is 449 g/mol. The fourth-order valence-corrected chi connectivity index (χ4v) is 4.13. The molecule has 0 aromatic heterocycles. The van der Waals surface area contributed by atoms with Crippen LogP contribution in [-0.2, 0) is 4.79 Å². The first-order valence-electron chi connectivity index (χ1n) is 10.1. The Bertz CT molecular complexity index is 919. The van der Waals surface area contributed by atoms with Gasteiger partial charge in [-0.05, 0) is 43.5 Å². The maximum Gasteiger partial charge on any atom is 0.253 e. The Hall–Kier alpha value is -2.24. The molecule has 5 nitrogen and oxygen atoms in total. The number of ether oxygens (including phenoxy) is 1. The number of nitrogens with one attached hydrogen (secondary N) is 1. The van der Waals surface area contributed by atoms with Gasteiger partial charge < -0.3 is 15.0 Å². The second kappa shape index (κ2) is 10.2. The van der Waals surface area contributed by atoms with Crippen LogP contribution in [0.2, 0.25) is 10.0 Å². The lowest BCUT2D eigenvalue weighted by Gasteiger charge is -2.33. The summed E-state index contributed by atoms with van der Waals surface area (Å²) in [6.45, 7) is 3.03. The zero-order chi connectivity index (χ0) is 21.7. The summed E-state index contributed by atoms with van der Waals surface area (Å²) in [5.74, 6) is 0.321. The van der Waals surface area contributed by atoms with Gasteiger partial charge in [0.2, 0.25) is 5.91 Å². The first kappa shape index (κ1) is 22.4. The molecule has 2 aromatic carbocycles. The first-order chi connectivity index (χ1) is 14.4. The van der Waals surface area contributed by atoms with Crippen LogP contribution in [0.15, 0.2) is 42.5 Å². The molecule has 2 aromatic rings. The molecule has 1 fully saturated rings. The minimum absolute atomic E-state index is 0.0422. The van der Waals surface area contributed by atoms with Crippen molar-refractivity contribution in [1.82, 2.24) is 10.2 Å². The van der Waals surface area contributed by atoms with E-state index in [9.17, 15) is 9.59 Å². The van der Waals surface area contributed by atoms with Crippen LogP contribution >= 0.6 is 23.2 Å². The molecule has 7 heteroatoms. The number of hydrogen-bond donors (Lipinski definition) is 1. The summed E-state index contributed by atoms with van der Waals surface area (Å²) in [4.78, 5) is 27.6. The molecule has 0 bridgehead atoms. The van der Waals surface area contributed by atoms with Crippen LogP contribution in [0, 0.1) is 5.92 Å². The highest BCUT2D eigenvalue weighted by Crippen LogP contribution is 2.28. The molecule has 0 saturated carbocycles. The monoisotopic (exact) mass is 448 g/mol. The topological polar surface area (TPSA) is 58.6 Å². The maximum atomic E-state index is 13.0. The summed E-state index contributed by atoms with van der Waals surface area (Å²) in [6.07, 6.45) is 2.26. The number of nitrogens with zero attached hydrogens (tertiary/aromatic N) is 1. The molecule has 2 amide bonds. The molecule has 1 heterocycles. The molecular weight excluding hydrogens is 423 g/mol. The fraction of sp³-hybridized carbons (Fsp3) is 0.391. The zero-order valence-electron chi connectivity index (χ0n) is 17.2.